The normalized spacial score (nSPS) is 10.8. The van der Waals surface area contributed by atoms with E-state index < -0.39 is 5.92 Å². The molecule has 3 rings (SSSR count). The summed E-state index contributed by atoms with van der Waals surface area (Å²) in [6.07, 6.45) is 0.00127. The number of ketones is 2. The zero-order valence-electron chi connectivity index (χ0n) is 15.0. The van der Waals surface area contributed by atoms with Crippen LogP contribution in [-0.2, 0) is 0 Å². The molecule has 0 radical (unpaired) electrons. The smallest absolute Gasteiger partial charge is 0.167 e. The molecule has 0 amide bonds. The molecule has 0 heterocycles. The number of benzene rings is 3. The van der Waals surface area contributed by atoms with Crippen LogP contribution in [0.3, 0.4) is 0 Å². The van der Waals surface area contributed by atoms with Crippen LogP contribution in [0.2, 0.25) is 5.02 Å². The lowest BCUT2D eigenvalue weighted by molar-refractivity contribution is 0.0942. The first kappa shape index (κ1) is 19.6. The van der Waals surface area contributed by atoms with Gasteiger partial charge in [-0.05, 0) is 41.8 Å². The molecule has 0 atom stereocenters. The topological polar surface area (TPSA) is 74.6 Å². The molecule has 0 aliphatic heterocycles. The van der Waals surface area contributed by atoms with E-state index in [0.29, 0.717) is 10.6 Å². The van der Waals surface area contributed by atoms with E-state index in [1.807, 2.05) is 0 Å². The second-order valence-corrected chi connectivity index (χ2v) is 6.91. The summed E-state index contributed by atoms with van der Waals surface area (Å²) < 4.78 is 0. The van der Waals surface area contributed by atoms with Crippen LogP contribution in [-0.4, -0.2) is 21.8 Å². The molecule has 142 valence electrons. The summed E-state index contributed by atoms with van der Waals surface area (Å²) in [5, 5.41) is 20.4. The number of aromatic hydroxyl groups is 2. The Hall–Kier alpha value is -3.11. The highest BCUT2D eigenvalue weighted by molar-refractivity contribution is 6.31. The van der Waals surface area contributed by atoms with Gasteiger partial charge in [0, 0.05) is 17.9 Å². The molecule has 0 aliphatic rings. The van der Waals surface area contributed by atoms with Crippen molar-refractivity contribution >= 4 is 23.2 Å². The second kappa shape index (κ2) is 8.72. The monoisotopic (exact) mass is 394 g/mol. The first-order valence-corrected chi connectivity index (χ1v) is 9.22. The molecule has 0 saturated heterocycles. The Kier molecular flexibility index (Phi) is 6.12. The fourth-order valence-electron chi connectivity index (χ4n) is 3.18. The zero-order valence-corrected chi connectivity index (χ0v) is 15.8. The van der Waals surface area contributed by atoms with E-state index >= 15 is 0 Å². The quantitative estimate of drug-likeness (QED) is 0.527. The van der Waals surface area contributed by atoms with Gasteiger partial charge in [0.1, 0.15) is 11.5 Å². The van der Waals surface area contributed by atoms with Gasteiger partial charge < -0.3 is 10.2 Å². The molecular weight excluding hydrogens is 376 g/mol. The largest absolute Gasteiger partial charge is 0.507 e. The van der Waals surface area contributed by atoms with Gasteiger partial charge in [-0.3, -0.25) is 9.59 Å². The van der Waals surface area contributed by atoms with Crippen molar-refractivity contribution in [1.29, 1.82) is 0 Å². The lowest BCUT2D eigenvalue weighted by atomic mass is 9.86. The number of carbonyl (C=O) groups excluding carboxylic acids is 2. The van der Waals surface area contributed by atoms with Crippen LogP contribution < -0.4 is 0 Å². The number of halogens is 1. The molecule has 0 saturated carbocycles. The average molecular weight is 395 g/mol. The van der Waals surface area contributed by atoms with Gasteiger partial charge in [-0.2, -0.15) is 0 Å². The highest BCUT2D eigenvalue weighted by Gasteiger charge is 2.25. The van der Waals surface area contributed by atoms with Crippen LogP contribution in [0.1, 0.15) is 45.0 Å². The van der Waals surface area contributed by atoms with E-state index in [1.54, 1.807) is 60.7 Å². The highest BCUT2D eigenvalue weighted by Crippen LogP contribution is 2.34. The Morgan fingerprint density at radius 1 is 0.714 bits per heavy atom. The van der Waals surface area contributed by atoms with Gasteiger partial charge in [0.05, 0.1) is 11.1 Å². The lowest BCUT2D eigenvalue weighted by Gasteiger charge is -2.18. The third kappa shape index (κ3) is 4.41. The summed E-state index contributed by atoms with van der Waals surface area (Å²) in [5.41, 5.74) is 1.08. The van der Waals surface area contributed by atoms with Crippen LogP contribution in [0.15, 0.2) is 72.8 Å². The SMILES string of the molecule is O=C(CC(CC(=O)c1ccccc1O)c1ccccc1Cl)c1ccccc1O. The highest BCUT2D eigenvalue weighted by atomic mass is 35.5. The number of carbonyl (C=O) groups is 2. The maximum absolute atomic E-state index is 12.8. The average Bonchev–Trinajstić information content (AvgIpc) is 2.68. The van der Waals surface area contributed by atoms with Crippen molar-refractivity contribution in [3.8, 4) is 11.5 Å². The van der Waals surface area contributed by atoms with Crippen LogP contribution in [0.5, 0.6) is 11.5 Å². The summed E-state index contributed by atoms with van der Waals surface area (Å²) in [7, 11) is 0. The van der Waals surface area contributed by atoms with E-state index in [1.165, 1.54) is 12.1 Å². The zero-order chi connectivity index (χ0) is 20.1. The summed E-state index contributed by atoms with van der Waals surface area (Å²) in [6, 6.07) is 19.7. The molecule has 0 unspecified atom stereocenters. The summed E-state index contributed by atoms with van der Waals surface area (Å²) in [4.78, 5) is 25.6. The molecule has 0 fully saturated rings. The van der Waals surface area contributed by atoms with E-state index in [9.17, 15) is 19.8 Å². The summed E-state index contributed by atoms with van der Waals surface area (Å²) in [6.45, 7) is 0. The van der Waals surface area contributed by atoms with Crippen molar-refractivity contribution in [2.24, 2.45) is 0 Å². The van der Waals surface area contributed by atoms with Crippen molar-refractivity contribution in [2.45, 2.75) is 18.8 Å². The number of para-hydroxylation sites is 2. The van der Waals surface area contributed by atoms with E-state index in [-0.39, 0.29) is 47.0 Å². The van der Waals surface area contributed by atoms with Crippen molar-refractivity contribution < 1.29 is 19.8 Å². The van der Waals surface area contributed by atoms with Gasteiger partial charge in [-0.15, -0.1) is 0 Å². The first-order valence-electron chi connectivity index (χ1n) is 8.84. The van der Waals surface area contributed by atoms with Crippen LogP contribution >= 0.6 is 11.6 Å². The van der Waals surface area contributed by atoms with Gasteiger partial charge in [0.15, 0.2) is 11.6 Å². The number of Topliss-reactive ketones (excluding diaryl/α,β-unsaturated/α-hetero) is 2. The molecule has 0 aromatic heterocycles. The molecule has 4 nitrogen and oxygen atoms in total. The van der Waals surface area contributed by atoms with Gasteiger partial charge in [0.2, 0.25) is 0 Å². The minimum Gasteiger partial charge on any atom is -0.507 e. The predicted octanol–water partition coefficient (Wildman–Crippen LogP) is 5.38. The summed E-state index contributed by atoms with van der Waals surface area (Å²) in [5.74, 6) is -1.26. The number of phenolic OH excluding ortho intramolecular Hbond substituents is 2. The molecule has 0 bridgehead atoms. The Morgan fingerprint density at radius 2 is 1.14 bits per heavy atom. The number of phenols is 2. The van der Waals surface area contributed by atoms with Gasteiger partial charge in [-0.25, -0.2) is 0 Å². The van der Waals surface area contributed by atoms with Crippen LogP contribution in [0.25, 0.3) is 0 Å². The molecule has 0 aliphatic carbocycles. The van der Waals surface area contributed by atoms with Crippen molar-refractivity contribution in [1.82, 2.24) is 0 Å². The van der Waals surface area contributed by atoms with E-state index in [2.05, 4.69) is 0 Å². The molecule has 3 aromatic carbocycles. The van der Waals surface area contributed by atoms with E-state index in [4.69, 9.17) is 11.6 Å². The van der Waals surface area contributed by atoms with Crippen molar-refractivity contribution in [2.75, 3.05) is 0 Å². The maximum Gasteiger partial charge on any atom is 0.167 e. The summed E-state index contributed by atoms with van der Waals surface area (Å²) >= 11 is 6.32. The Labute approximate surface area is 168 Å². The fraction of sp³-hybridized carbons (Fsp3) is 0.130. The second-order valence-electron chi connectivity index (χ2n) is 6.51. The number of hydrogen-bond acceptors (Lipinski definition) is 4. The van der Waals surface area contributed by atoms with Crippen LogP contribution in [0.4, 0.5) is 0 Å². The van der Waals surface area contributed by atoms with Gasteiger partial charge in [0.25, 0.3) is 0 Å². The minimum atomic E-state index is -0.493. The Morgan fingerprint density at radius 3 is 1.61 bits per heavy atom. The molecule has 3 aromatic rings. The number of rotatable bonds is 7. The van der Waals surface area contributed by atoms with E-state index in [0.717, 1.165) is 0 Å². The lowest BCUT2D eigenvalue weighted by Crippen LogP contribution is -2.13. The molecule has 5 heteroatoms. The predicted molar refractivity (Wildman–Crippen MR) is 108 cm³/mol. The van der Waals surface area contributed by atoms with Crippen molar-refractivity contribution in [3.63, 3.8) is 0 Å². The molecule has 2 N–H and O–H groups in total. The standard InChI is InChI=1S/C23H19ClO4/c24-19-10-4-1-7-16(19)15(13-22(27)17-8-2-5-11-20(17)25)14-23(28)18-9-3-6-12-21(18)26/h1-12,15,25-26H,13-14H2. The van der Waals surface area contributed by atoms with Crippen molar-refractivity contribution in [3.05, 3.63) is 94.5 Å². The van der Waals surface area contributed by atoms with Gasteiger partial charge in [-0.1, -0.05) is 54.1 Å². The maximum atomic E-state index is 12.8. The first-order chi connectivity index (χ1) is 13.5. The third-order valence-electron chi connectivity index (χ3n) is 4.62. The Balaban J connectivity index is 1.91. The minimum absolute atomic E-state index is 0.000637. The number of hydrogen-bond donors (Lipinski definition) is 2. The molecular formula is C23H19ClO4. The third-order valence-corrected chi connectivity index (χ3v) is 4.96. The fourth-order valence-corrected chi connectivity index (χ4v) is 3.47. The van der Waals surface area contributed by atoms with Crippen LogP contribution in [0, 0.1) is 0 Å². The Bertz CT molecular complexity index is 953. The van der Waals surface area contributed by atoms with Gasteiger partial charge >= 0.3 is 0 Å². The molecule has 28 heavy (non-hydrogen) atoms. The molecule has 0 spiro atoms.